The molecule has 0 aliphatic carbocycles. The highest BCUT2D eigenvalue weighted by Crippen LogP contribution is 2.20. The molecule has 3 rings (SSSR count). The number of anilines is 1. The van der Waals surface area contributed by atoms with Crippen LogP contribution in [0, 0.1) is 3.57 Å². The number of hydrogen-bond donors (Lipinski definition) is 1. The van der Waals surface area contributed by atoms with Gasteiger partial charge in [0.2, 0.25) is 0 Å². The van der Waals surface area contributed by atoms with Gasteiger partial charge in [0.05, 0.1) is 0 Å². The van der Waals surface area contributed by atoms with Crippen LogP contribution < -0.4 is 5.32 Å². The number of fused-ring (bicyclic) bond motifs is 1. The predicted octanol–water partition coefficient (Wildman–Crippen LogP) is 5.06. The van der Waals surface area contributed by atoms with Gasteiger partial charge < -0.3 is 5.32 Å². The number of nitrogens with one attached hydrogen (secondary N) is 1. The van der Waals surface area contributed by atoms with E-state index in [4.69, 9.17) is 0 Å². The molecule has 3 aromatic carbocycles. The van der Waals surface area contributed by atoms with Gasteiger partial charge in [-0.15, -0.1) is 0 Å². The van der Waals surface area contributed by atoms with Crippen LogP contribution in [-0.2, 0) is 6.54 Å². The normalized spacial score (nSPS) is 10.6. The van der Waals surface area contributed by atoms with Gasteiger partial charge in [-0.2, -0.15) is 0 Å². The minimum absolute atomic E-state index is 0.859. The topological polar surface area (TPSA) is 12.0 Å². The molecule has 3 aromatic rings. The molecular formula is C17H14IN. The maximum absolute atomic E-state index is 3.49. The average molecular weight is 359 g/mol. The highest BCUT2D eigenvalue weighted by atomic mass is 127. The van der Waals surface area contributed by atoms with Crippen LogP contribution in [0.5, 0.6) is 0 Å². The maximum atomic E-state index is 3.49. The molecule has 94 valence electrons. The second-order valence-corrected chi connectivity index (χ2v) is 5.67. The van der Waals surface area contributed by atoms with Gasteiger partial charge in [0.15, 0.2) is 0 Å². The number of hydrogen-bond acceptors (Lipinski definition) is 1. The van der Waals surface area contributed by atoms with E-state index in [2.05, 4.69) is 94.6 Å². The number of benzene rings is 3. The van der Waals surface area contributed by atoms with Gasteiger partial charge >= 0.3 is 0 Å². The summed E-state index contributed by atoms with van der Waals surface area (Å²) in [5, 5.41) is 6.04. The summed E-state index contributed by atoms with van der Waals surface area (Å²) in [7, 11) is 0. The fourth-order valence-corrected chi connectivity index (χ4v) is 2.72. The Kier molecular flexibility index (Phi) is 3.69. The van der Waals surface area contributed by atoms with E-state index in [9.17, 15) is 0 Å². The van der Waals surface area contributed by atoms with Crippen molar-refractivity contribution in [2.75, 3.05) is 5.32 Å². The van der Waals surface area contributed by atoms with E-state index >= 15 is 0 Å². The van der Waals surface area contributed by atoms with Crippen LogP contribution in [0.2, 0.25) is 0 Å². The summed E-state index contributed by atoms with van der Waals surface area (Å²) in [4.78, 5) is 0. The summed E-state index contributed by atoms with van der Waals surface area (Å²) in [6, 6.07) is 23.4. The molecule has 0 unspecified atom stereocenters. The smallest absolute Gasteiger partial charge is 0.0411 e. The molecule has 0 heterocycles. The number of rotatable bonds is 3. The maximum Gasteiger partial charge on any atom is 0.0411 e. The first kappa shape index (κ1) is 12.5. The first-order valence-electron chi connectivity index (χ1n) is 6.29. The van der Waals surface area contributed by atoms with E-state index in [-0.39, 0.29) is 0 Å². The molecule has 1 nitrogen and oxygen atoms in total. The van der Waals surface area contributed by atoms with E-state index in [0.29, 0.717) is 0 Å². The van der Waals surface area contributed by atoms with Crippen LogP contribution in [0.1, 0.15) is 5.56 Å². The summed E-state index contributed by atoms with van der Waals surface area (Å²) < 4.78 is 1.30. The summed E-state index contributed by atoms with van der Waals surface area (Å²) in [5.74, 6) is 0. The zero-order valence-electron chi connectivity index (χ0n) is 10.4. The second-order valence-electron chi connectivity index (χ2n) is 4.51. The van der Waals surface area contributed by atoms with Gasteiger partial charge in [0, 0.05) is 15.8 Å². The Bertz CT molecular complexity index is 706. The second kappa shape index (κ2) is 5.61. The Labute approximate surface area is 126 Å². The summed E-state index contributed by atoms with van der Waals surface area (Å²) in [5.41, 5.74) is 2.50. The lowest BCUT2D eigenvalue weighted by atomic mass is 10.1. The van der Waals surface area contributed by atoms with Crippen molar-refractivity contribution >= 4 is 39.1 Å². The first-order chi connectivity index (χ1) is 9.33. The lowest BCUT2D eigenvalue weighted by Gasteiger charge is -2.09. The predicted molar refractivity (Wildman–Crippen MR) is 90.4 cm³/mol. The lowest BCUT2D eigenvalue weighted by molar-refractivity contribution is 1.14. The van der Waals surface area contributed by atoms with Crippen LogP contribution in [0.15, 0.2) is 66.7 Å². The molecule has 2 heteroatoms. The molecule has 0 aromatic heterocycles. The minimum atomic E-state index is 0.859. The Morgan fingerprint density at radius 3 is 2.37 bits per heavy atom. The highest BCUT2D eigenvalue weighted by Gasteiger charge is 1.99. The molecule has 0 saturated heterocycles. The largest absolute Gasteiger partial charge is 0.381 e. The monoisotopic (exact) mass is 359 g/mol. The third-order valence-corrected chi connectivity index (χ3v) is 4.24. The van der Waals surface area contributed by atoms with Gasteiger partial charge in [0.25, 0.3) is 0 Å². The van der Waals surface area contributed by atoms with Crippen molar-refractivity contribution in [2.24, 2.45) is 0 Å². The molecule has 0 atom stereocenters. The molecule has 0 spiro atoms. The fourth-order valence-electron chi connectivity index (χ4n) is 2.14. The van der Waals surface area contributed by atoms with Crippen molar-refractivity contribution in [3.8, 4) is 0 Å². The van der Waals surface area contributed by atoms with E-state index < -0.39 is 0 Å². The third kappa shape index (κ3) is 2.89. The van der Waals surface area contributed by atoms with E-state index in [0.717, 1.165) is 6.54 Å². The van der Waals surface area contributed by atoms with Gasteiger partial charge in [0.1, 0.15) is 0 Å². The Hall–Kier alpha value is -1.55. The molecule has 0 aliphatic heterocycles. The van der Waals surface area contributed by atoms with Crippen LogP contribution in [0.25, 0.3) is 10.8 Å². The van der Waals surface area contributed by atoms with Gasteiger partial charge in [-0.3, -0.25) is 0 Å². The van der Waals surface area contributed by atoms with Crippen LogP contribution in [0.3, 0.4) is 0 Å². The van der Waals surface area contributed by atoms with E-state index in [1.165, 1.54) is 25.6 Å². The third-order valence-electron chi connectivity index (χ3n) is 3.19. The fraction of sp³-hybridized carbons (Fsp3) is 0.0588. The summed E-state index contributed by atoms with van der Waals surface area (Å²) >= 11 is 2.38. The molecule has 0 fully saturated rings. The van der Waals surface area contributed by atoms with Crippen LogP contribution in [-0.4, -0.2) is 0 Å². The van der Waals surface area contributed by atoms with Crippen LogP contribution >= 0.6 is 22.6 Å². The average Bonchev–Trinajstić information content (AvgIpc) is 2.46. The van der Waals surface area contributed by atoms with Gasteiger partial charge in [-0.05, 0) is 57.1 Å². The van der Waals surface area contributed by atoms with Crippen LogP contribution in [0.4, 0.5) is 5.69 Å². The van der Waals surface area contributed by atoms with Crippen molar-refractivity contribution in [3.63, 3.8) is 0 Å². The van der Waals surface area contributed by atoms with Crippen molar-refractivity contribution in [1.82, 2.24) is 0 Å². The first-order valence-corrected chi connectivity index (χ1v) is 7.37. The molecule has 0 saturated carbocycles. The van der Waals surface area contributed by atoms with E-state index in [1.54, 1.807) is 0 Å². The Balaban J connectivity index is 1.80. The van der Waals surface area contributed by atoms with Crippen molar-refractivity contribution in [3.05, 3.63) is 75.9 Å². The lowest BCUT2D eigenvalue weighted by Crippen LogP contribution is -2.00. The molecule has 0 radical (unpaired) electrons. The minimum Gasteiger partial charge on any atom is -0.381 e. The Morgan fingerprint density at radius 2 is 1.53 bits per heavy atom. The quantitative estimate of drug-likeness (QED) is 0.645. The number of halogens is 1. The van der Waals surface area contributed by atoms with Crippen molar-refractivity contribution in [1.29, 1.82) is 0 Å². The van der Waals surface area contributed by atoms with Crippen molar-refractivity contribution in [2.45, 2.75) is 6.54 Å². The zero-order valence-corrected chi connectivity index (χ0v) is 12.6. The molecule has 1 N–H and O–H groups in total. The van der Waals surface area contributed by atoms with Gasteiger partial charge in [-0.25, -0.2) is 0 Å². The van der Waals surface area contributed by atoms with Crippen molar-refractivity contribution < 1.29 is 0 Å². The van der Waals surface area contributed by atoms with Gasteiger partial charge in [-0.1, -0.05) is 48.5 Å². The summed E-state index contributed by atoms with van der Waals surface area (Å²) in [6.45, 7) is 0.859. The Morgan fingerprint density at radius 1 is 0.789 bits per heavy atom. The summed E-state index contributed by atoms with van der Waals surface area (Å²) in [6.07, 6.45) is 0. The standard InChI is InChI=1S/C17H14IN/c18-17-8-4-3-7-15(17)12-19-16-10-9-13-5-1-2-6-14(13)11-16/h1-11,19H,12H2. The molecule has 0 aliphatic rings. The molecule has 0 bridgehead atoms. The SMILES string of the molecule is Ic1ccccc1CNc1ccc2ccccc2c1. The molecular weight excluding hydrogens is 345 g/mol. The molecule has 19 heavy (non-hydrogen) atoms. The highest BCUT2D eigenvalue weighted by molar-refractivity contribution is 14.1. The van der Waals surface area contributed by atoms with E-state index in [1.807, 2.05) is 0 Å². The molecule has 0 amide bonds. The zero-order chi connectivity index (χ0) is 13.1.